The summed E-state index contributed by atoms with van der Waals surface area (Å²) in [7, 11) is -0.629. The molecule has 1 atom stereocenters. The number of hydrogen-bond acceptors (Lipinski definition) is 3. The molecule has 0 aromatic carbocycles. The van der Waals surface area contributed by atoms with Crippen molar-refractivity contribution in [1.29, 1.82) is 0 Å². The van der Waals surface area contributed by atoms with Gasteiger partial charge < -0.3 is 5.73 Å². The van der Waals surface area contributed by atoms with Crippen molar-refractivity contribution >= 4 is 55.2 Å². The first kappa shape index (κ1) is 19.0. The van der Waals surface area contributed by atoms with Crippen molar-refractivity contribution in [3.8, 4) is 0 Å². The Bertz CT molecular complexity index is 151. The van der Waals surface area contributed by atoms with E-state index in [4.69, 9.17) is 28.1 Å². The fourth-order valence-corrected chi connectivity index (χ4v) is 2.55. The second kappa shape index (κ2) is 10.4. The van der Waals surface area contributed by atoms with Crippen LogP contribution in [-0.4, -0.2) is 11.8 Å². The predicted octanol–water partition coefficient (Wildman–Crippen LogP) is 1.48. The van der Waals surface area contributed by atoms with E-state index in [2.05, 4.69) is 13.8 Å². The molecule has 12 heavy (non-hydrogen) atoms. The van der Waals surface area contributed by atoms with E-state index in [0.717, 1.165) is 12.2 Å². The molecule has 0 aliphatic heterocycles. The molecule has 0 amide bonds. The highest BCUT2D eigenvalue weighted by atomic mass is 35.5. The molecule has 0 rings (SSSR count). The first-order valence-corrected chi connectivity index (χ1v) is 6.95. The van der Waals surface area contributed by atoms with E-state index in [0.29, 0.717) is 5.92 Å². The van der Waals surface area contributed by atoms with Gasteiger partial charge in [0.2, 0.25) is 0 Å². The van der Waals surface area contributed by atoms with Gasteiger partial charge in [0.25, 0.3) is 0 Å². The van der Waals surface area contributed by atoms with E-state index in [1.54, 1.807) is 0 Å². The standard InChI is InChI=1S/C6H15NS3.2ClH/c1-5(2)3-6(7)4-10(8)9;;/h5-6,10H,3-4,7H2,1-2H3;2*1H. The lowest BCUT2D eigenvalue weighted by molar-refractivity contribution is 0.524. The van der Waals surface area contributed by atoms with Gasteiger partial charge in [-0.3, -0.25) is 0 Å². The molecule has 0 saturated carbocycles. The molecule has 78 valence electrons. The van der Waals surface area contributed by atoms with Crippen molar-refractivity contribution in [1.82, 2.24) is 0 Å². The van der Waals surface area contributed by atoms with Crippen LogP contribution >= 0.6 is 24.8 Å². The lowest BCUT2D eigenvalue weighted by Gasteiger charge is -2.10. The Labute approximate surface area is 98.5 Å². The monoisotopic (exact) mass is 269 g/mol. The van der Waals surface area contributed by atoms with Crippen molar-refractivity contribution in [3.05, 3.63) is 0 Å². The van der Waals surface area contributed by atoms with Crippen molar-refractivity contribution in [2.45, 2.75) is 26.3 Å². The predicted molar refractivity (Wildman–Crippen MR) is 70.3 cm³/mol. The molecular formula is C6H17Cl2NS3. The average molecular weight is 270 g/mol. The highest BCUT2D eigenvalue weighted by Crippen LogP contribution is 2.02. The zero-order valence-electron chi connectivity index (χ0n) is 7.23. The molecular weight excluding hydrogens is 253 g/mol. The highest BCUT2D eigenvalue weighted by Gasteiger charge is 2.03. The molecule has 0 radical (unpaired) electrons. The Morgan fingerprint density at radius 1 is 1.25 bits per heavy atom. The summed E-state index contributed by atoms with van der Waals surface area (Å²) in [4.78, 5) is 0. The second-order valence-electron chi connectivity index (χ2n) is 2.90. The van der Waals surface area contributed by atoms with Crippen LogP contribution in [0.5, 0.6) is 0 Å². The summed E-state index contributed by atoms with van der Waals surface area (Å²) >= 11 is 9.82. The minimum atomic E-state index is -0.629. The van der Waals surface area contributed by atoms with Crippen LogP contribution in [0.25, 0.3) is 0 Å². The zero-order valence-corrected chi connectivity index (χ0v) is 11.4. The number of rotatable bonds is 4. The first-order valence-electron chi connectivity index (χ1n) is 3.39. The van der Waals surface area contributed by atoms with Crippen molar-refractivity contribution in [3.63, 3.8) is 0 Å². The van der Waals surface area contributed by atoms with Crippen LogP contribution in [0.2, 0.25) is 0 Å². The van der Waals surface area contributed by atoms with Crippen LogP contribution in [-0.2, 0) is 30.4 Å². The summed E-state index contributed by atoms with van der Waals surface area (Å²) < 4.78 is 0. The lowest BCUT2D eigenvalue weighted by atomic mass is 10.1. The third kappa shape index (κ3) is 13.9. The van der Waals surface area contributed by atoms with Crippen LogP contribution in [0.1, 0.15) is 20.3 Å². The molecule has 0 aliphatic carbocycles. The van der Waals surface area contributed by atoms with Gasteiger partial charge in [-0.25, -0.2) is 0 Å². The summed E-state index contributed by atoms with van der Waals surface area (Å²) in [5.41, 5.74) is 5.76. The molecule has 0 spiro atoms. The van der Waals surface area contributed by atoms with Gasteiger partial charge in [-0.1, -0.05) is 44.2 Å². The largest absolute Gasteiger partial charge is 0.327 e. The smallest absolute Gasteiger partial charge is 0.0147 e. The van der Waals surface area contributed by atoms with Crippen molar-refractivity contribution in [2.24, 2.45) is 11.7 Å². The van der Waals surface area contributed by atoms with Gasteiger partial charge in [0.1, 0.15) is 0 Å². The molecule has 0 aliphatic rings. The van der Waals surface area contributed by atoms with E-state index in [9.17, 15) is 0 Å². The Morgan fingerprint density at radius 2 is 1.67 bits per heavy atom. The third-order valence-electron chi connectivity index (χ3n) is 1.16. The Kier molecular flexibility index (Phi) is 16.5. The molecule has 1 nitrogen and oxygen atoms in total. The van der Waals surface area contributed by atoms with Gasteiger partial charge in [-0.2, -0.15) is 0 Å². The topological polar surface area (TPSA) is 26.0 Å². The van der Waals surface area contributed by atoms with Crippen LogP contribution in [0.3, 0.4) is 0 Å². The maximum absolute atomic E-state index is 5.76. The molecule has 2 N–H and O–H groups in total. The molecule has 0 aromatic rings. The van der Waals surface area contributed by atoms with Crippen molar-refractivity contribution < 1.29 is 0 Å². The Hall–Kier alpha value is 1.33. The quantitative estimate of drug-likeness (QED) is 0.757. The molecule has 0 saturated heterocycles. The van der Waals surface area contributed by atoms with Gasteiger partial charge in [-0.05, 0) is 12.3 Å². The number of nitrogens with two attached hydrogens (primary N) is 1. The van der Waals surface area contributed by atoms with E-state index in [1.807, 2.05) is 0 Å². The van der Waals surface area contributed by atoms with Gasteiger partial charge in [0, 0.05) is 11.8 Å². The SMILES string of the molecule is CC(C)CC(N)C[SH](=S)=S.Cl.Cl. The minimum absolute atomic E-state index is 0. The second-order valence-corrected chi connectivity index (χ2v) is 7.27. The molecule has 1 unspecified atom stereocenters. The Balaban J connectivity index is -0.000000405. The first-order chi connectivity index (χ1) is 4.52. The molecule has 0 bridgehead atoms. The fourth-order valence-electron chi connectivity index (χ4n) is 0.872. The van der Waals surface area contributed by atoms with E-state index < -0.39 is 8.01 Å². The number of hydrogen-bond donors (Lipinski definition) is 2. The molecule has 6 heteroatoms. The number of halogens is 2. The summed E-state index contributed by atoms with van der Waals surface area (Å²) in [6, 6.07) is 0.237. The fraction of sp³-hybridized carbons (Fsp3) is 1.00. The van der Waals surface area contributed by atoms with Gasteiger partial charge in [0.05, 0.1) is 0 Å². The minimum Gasteiger partial charge on any atom is -0.327 e. The molecule has 0 heterocycles. The van der Waals surface area contributed by atoms with Crippen LogP contribution in [0, 0.1) is 5.92 Å². The normalized spacial score (nSPS) is 12.1. The number of thiol groups is 1. The maximum Gasteiger partial charge on any atom is 0.0147 e. The van der Waals surface area contributed by atoms with Gasteiger partial charge >= 0.3 is 0 Å². The van der Waals surface area contributed by atoms with Gasteiger partial charge in [0.15, 0.2) is 0 Å². The van der Waals surface area contributed by atoms with Gasteiger partial charge in [-0.15, -0.1) is 24.8 Å². The zero-order chi connectivity index (χ0) is 8.15. The molecule has 0 aromatic heterocycles. The maximum atomic E-state index is 5.76. The van der Waals surface area contributed by atoms with Crippen molar-refractivity contribution in [2.75, 3.05) is 5.75 Å². The summed E-state index contributed by atoms with van der Waals surface area (Å²) in [6.45, 7) is 4.32. The highest BCUT2D eigenvalue weighted by molar-refractivity contribution is 8.46. The van der Waals surface area contributed by atoms with Crippen LogP contribution < -0.4 is 5.73 Å². The summed E-state index contributed by atoms with van der Waals surface area (Å²) in [6.07, 6.45) is 1.05. The third-order valence-corrected chi connectivity index (χ3v) is 2.82. The summed E-state index contributed by atoms with van der Waals surface area (Å²) in [5, 5.41) is 0. The molecule has 0 fully saturated rings. The van der Waals surface area contributed by atoms with Crippen LogP contribution in [0.4, 0.5) is 0 Å². The lowest BCUT2D eigenvalue weighted by Crippen LogP contribution is -2.26. The summed E-state index contributed by atoms with van der Waals surface area (Å²) in [5.74, 6) is 1.52. The van der Waals surface area contributed by atoms with E-state index in [-0.39, 0.29) is 30.9 Å². The Morgan fingerprint density at radius 3 is 1.92 bits per heavy atom. The van der Waals surface area contributed by atoms with Crippen LogP contribution in [0.15, 0.2) is 0 Å². The average Bonchev–Trinajstić information content (AvgIpc) is 1.58. The van der Waals surface area contributed by atoms with E-state index in [1.165, 1.54) is 0 Å². The van der Waals surface area contributed by atoms with E-state index >= 15 is 0 Å².